The predicted octanol–water partition coefficient (Wildman–Crippen LogP) is 4.19. The molecule has 106 valence electrons. The maximum absolute atomic E-state index is 9.80. The third kappa shape index (κ3) is 3.73. The zero-order chi connectivity index (χ0) is 13.9. The fourth-order valence-corrected chi connectivity index (χ4v) is 3.35. The Balaban J connectivity index is 2.37. The van der Waals surface area contributed by atoms with Crippen LogP contribution in [0.3, 0.4) is 0 Å². The number of nitrogens with one attached hydrogen (secondary N) is 1. The van der Waals surface area contributed by atoms with Crippen LogP contribution in [0.2, 0.25) is 0 Å². The highest BCUT2D eigenvalue weighted by molar-refractivity contribution is 5.33. The van der Waals surface area contributed by atoms with Crippen molar-refractivity contribution in [2.75, 3.05) is 6.54 Å². The van der Waals surface area contributed by atoms with Crippen LogP contribution < -0.4 is 5.32 Å². The van der Waals surface area contributed by atoms with E-state index in [1.54, 1.807) is 6.07 Å². The number of phenolic OH excluding ortho intramolecular Hbond substituents is 1. The summed E-state index contributed by atoms with van der Waals surface area (Å²) in [4.78, 5) is 0. The van der Waals surface area contributed by atoms with E-state index in [1.165, 1.54) is 24.8 Å². The van der Waals surface area contributed by atoms with E-state index in [0.717, 1.165) is 19.4 Å². The van der Waals surface area contributed by atoms with Crippen molar-refractivity contribution < 1.29 is 5.11 Å². The molecule has 2 nitrogen and oxygen atoms in total. The van der Waals surface area contributed by atoms with Gasteiger partial charge in [0.2, 0.25) is 0 Å². The smallest absolute Gasteiger partial charge is 0.115 e. The molecule has 2 rings (SSSR count). The summed E-state index contributed by atoms with van der Waals surface area (Å²) in [6.07, 6.45) is 6.08. The van der Waals surface area contributed by atoms with Gasteiger partial charge in [0.15, 0.2) is 0 Å². The van der Waals surface area contributed by atoms with Gasteiger partial charge in [-0.2, -0.15) is 0 Å². The van der Waals surface area contributed by atoms with Crippen LogP contribution in [0.25, 0.3) is 0 Å². The number of rotatable bonds is 2. The average Bonchev–Trinajstić information content (AvgIpc) is 2.53. The molecule has 19 heavy (non-hydrogen) atoms. The Morgan fingerprint density at radius 3 is 2.68 bits per heavy atom. The molecule has 0 aliphatic carbocycles. The lowest BCUT2D eigenvalue weighted by molar-refractivity contribution is 0.202. The van der Waals surface area contributed by atoms with E-state index in [0.29, 0.717) is 5.75 Å². The molecule has 0 amide bonds. The van der Waals surface area contributed by atoms with E-state index in [9.17, 15) is 5.11 Å². The van der Waals surface area contributed by atoms with Gasteiger partial charge in [-0.15, -0.1) is 0 Å². The molecule has 0 aromatic heterocycles. The first kappa shape index (κ1) is 14.4. The molecule has 0 bridgehead atoms. The van der Waals surface area contributed by atoms with Crippen molar-refractivity contribution in [1.29, 1.82) is 0 Å². The topological polar surface area (TPSA) is 32.3 Å². The molecular weight excluding hydrogens is 234 g/mol. The average molecular weight is 261 g/mol. The molecule has 1 fully saturated rings. The molecule has 1 unspecified atom stereocenters. The second-order valence-electron chi connectivity index (χ2n) is 7.11. The molecule has 1 aromatic carbocycles. The second kappa shape index (κ2) is 5.54. The normalized spacial score (nSPS) is 25.0. The molecule has 2 heteroatoms. The first-order valence-corrected chi connectivity index (χ1v) is 7.46. The van der Waals surface area contributed by atoms with Gasteiger partial charge in [-0.25, -0.2) is 0 Å². The largest absolute Gasteiger partial charge is 0.508 e. The Morgan fingerprint density at radius 2 is 2.00 bits per heavy atom. The fraction of sp³-hybridized carbons (Fsp3) is 0.647. The summed E-state index contributed by atoms with van der Waals surface area (Å²) in [5.74, 6) is 0.372. The van der Waals surface area contributed by atoms with Crippen LogP contribution in [-0.2, 0) is 5.54 Å². The van der Waals surface area contributed by atoms with Crippen LogP contribution in [-0.4, -0.2) is 11.7 Å². The first-order chi connectivity index (χ1) is 8.91. The lowest BCUT2D eigenvalue weighted by Crippen LogP contribution is -2.44. The quantitative estimate of drug-likeness (QED) is 0.836. The van der Waals surface area contributed by atoms with Gasteiger partial charge in [0, 0.05) is 5.54 Å². The monoisotopic (exact) mass is 261 g/mol. The molecular formula is C17H27NO. The van der Waals surface area contributed by atoms with E-state index in [2.05, 4.69) is 32.2 Å². The van der Waals surface area contributed by atoms with Crippen molar-refractivity contribution in [3.63, 3.8) is 0 Å². The minimum atomic E-state index is 0.0213. The van der Waals surface area contributed by atoms with Crippen LogP contribution in [0.1, 0.15) is 58.4 Å². The second-order valence-corrected chi connectivity index (χ2v) is 7.11. The summed E-state index contributed by atoms with van der Waals surface area (Å²) in [5, 5.41) is 13.6. The van der Waals surface area contributed by atoms with Gasteiger partial charge in [0.05, 0.1) is 0 Å². The summed E-state index contributed by atoms with van der Waals surface area (Å²) >= 11 is 0. The molecule has 1 heterocycles. The number of hydrogen-bond donors (Lipinski definition) is 2. The van der Waals surface area contributed by atoms with Gasteiger partial charge in [-0.3, -0.25) is 0 Å². The van der Waals surface area contributed by atoms with E-state index in [4.69, 9.17) is 0 Å². The maximum atomic E-state index is 9.80. The first-order valence-electron chi connectivity index (χ1n) is 7.46. The van der Waals surface area contributed by atoms with Crippen molar-refractivity contribution in [2.45, 2.75) is 58.4 Å². The van der Waals surface area contributed by atoms with Gasteiger partial charge in [0.1, 0.15) is 5.75 Å². The van der Waals surface area contributed by atoms with Crippen molar-refractivity contribution in [1.82, 2.24) is 5.32 Å². The van der Waals surface area contributed by atoms with Crippen LogP contribution in [0.4, 0.5) is 0 Å². The van der Waals surface area contributed by atoms with Crippen LogP contribution in [0.5, 0.6) is 5.75 Å². The van der Waals surface area contributed by atoms with E-state index in [1.807, 2.05) is 12.1 Å². The standard InChI is InChI=1S/C17H27NO/c1-16(2,3)13-17(10-5-4-6-11-18-17)14-8-7-9-15(19)12-14/h7-9,12,18-19H,4-6,10-11,13H2,1-3H3. The third-order valence-electron chi connectivity index (χ3n) is 3.97. The van der Waals surface area contributed by atoms with Gasteiger partial charge >= 0.3 is 0 Å². The van der Waals surface area contributed by atoms with E-state index in [-0.39, 0.29) is 11.0 Å². The highest BCUT2D eigenvalue weighted by Gasteiger charge is 2.36. The van der Waals surface area contributed by atoms with Gasteiger partial charge in [-0.05, 0) is 48.9 Å². The number of aromatic hydroxyl groups is 1. The van der Waals surface area contributed by atoms with Crippen molar-refractivity contribution in [3.8, 4) is 5.75 Å². The fourth-order valence-electron chi connectivity index (χ4n) is 3.35. The molecule has 0 spiro atoms. The molecule has 1 atom stereocenters. The molecule has 2 N–H and O–H groups in total. The Kier molecular flexibility index (Phi) is 4.19. The summed E-state index contributed by atoms with van der Waals surface area (Å²) < 4.78 is 0. The Labute approximate surface area is 117 Å². The molecule has 1 aliphatic heterocycles. The lowest BCUT2D eigenvalue weighted by Gasteiger charge is -2.39. The zero-order valence-corrected chi connectivity index (χ0v) is 12.5. The zero-order valence-electron chi connectivity index (χ0n) is 12.5. The summed E-state index contributed by atoms with van der Waals surface area (Å²) in [6, 6.07) is 7.81. The SMILES string of the molecule is CC(C)(C)CC1(c2cccc(O)c2)CCCCCN1. The Morgan fingerprint density at radius 1 is 1.21 bits per heavy atom. The van der Waals surface area contributed by atoms with Gasteiger partial charge in [-0.1, -0.05) is 45.7 Å². The van der Waals surface area contributed by atoms with Crippen LogP contribution in [0, 0.1) is 5.41 Å². The number of hydrogen-bond acceptors (Lipinski definition) is 2. The third-order valence-corrected chi connectivity index (χ3v) is 3.97. The Hall–Kier alpha value is -1.02. The van der Waals surface area contributed by atoms with E-state index >= 15 is 0 Å². The van der Waals surface area contributed by atoms with Gasteiger partial charge in [0.25, 0.3) is 0 Å². The summed E-state index contributed by atoms with van der Waals surface area (Å²) in [6.45, 7) is 7.96. The maximum Gasteiger partial charge on any atom is 0.115 e. The van der Waals surface area contributed by atoms with Crippen molar-refractivity contribution in [3.05, 3.63) is 29.8 Å². The predicted molar refractivity (Wildman–Crippen MR) is 80.3 cm³/mol. The molecule has 1 aromatic rings. The molecule has 1 saturated heterocycles. The molecule has 0 saturated carbocycles. The highest BCUT2D eigenvalue weighted by atomic mass is 16.3. The van der Waals surface area contributed by atoms with Crippen molar-refractivity contribution in [2.24, 2.45) is 5.41 Å². The summed E-state index contributed by atoms with van der Waals surface area (Å²) in [5.41, 5.74) is 1.53. The highest BCUT2D eigenvalue weighted by Crippen LogP contribution is 2.40. The van der Waals surface area contributed by atoms with E-state index < -0.39 is 0 Å². The Bertz CT molecular complexity index is 412. The number of phenols is 1. The van der Waals surface area contributed by atoms with Crippen LogP contribution >= 0.6 is 0 Å². The van der Waals surface area contributed by atoms with Crippen molar-refractivity contribution >= 4 is 0 Å². The van der Waals surface area contributed by atoms with Crippen LogP contribution in [0.15, 0.2) is 24.3 Å². The minimum absolute atomic E-state index is 0.0213. The molecule has 0 radical (unpaired) electrons. The lowest BCUT2D eigenvalue weighted by atomic mass is 9.73. The molecule has 1 aliphatic rings. The minimum Gasteiger partial charge on any atom is -0.508 e. The van der Waals surface area contributed by atoms with Gasteiger partial charge < -0.3 is 10.4 Å². The number of benzene rings is 1. The summed E-state index contributed by atoms with van der Waals surface area (Å²) in [7, 11) is 0.